The Morgan fingerprint density at radius 1 is 1.00 bits per heavy atom. The molecule has 0 atom stereocenters. The Bertz CT molecular complexity index is 744. The fraction of sp³-hybridized carbons (Fsp3) is 0.0625. The summed E-state index contributed by atoms with van der Waals surface area (Å²) in [6.45, 7) is -0.401. The van der Waals surface area contributed by atoms with Crippen LogP contribution >= 0.6 is 22.6 Å². The fourth-order valence-corrected chi connectivity index (χ4v) is 2.26. The van der Waals surface area contributed by atoms with Crippen LogP contribution in [0, 0.1) is 3.57 Å². The van der Waals surface area contributed by atoms with E-state index in [0.717, 1.165) is 3.57 Å². The van der Waals surface area contributed by atoms with Gasteiger partial charge in [0, 0.05) is 9.13 Å². The van der Waals surface area contributed by atoms with Gasteiger partial charge in [-0.1, -0.05) is 12.1 Å². The summed E-state index contributed by atoms with van der Waals surface area (Å²) < 4.78 is 5.81. The summed E-state index contributed by atoms with van der Waals surface area (Å²) in [6.07, 6.45) is 0. The Balaban J connectivity index is 1.90. The number of hydrogen-bond acceptors (Lipinski definition) is 4. The zero-order chi connectivity index (χ0) is 16.8. The molecule has 23 heavy (non-hydrogen) atoms. The van der Waals surface area contributed by atoms with Gasteiger partial charge < -0.3 is 15.8 Å². The van der Waals surface area contributed by atoms with E-state index in [9.17, 15) is 14.4 Å². The number of rotatable bonds is 5. The third kappa shape index (κ3) is 4.78. The number of carbonyl (C=O) groups excluding carboxylic acids is 3. The SMILES string of the molecule is NC(=O)c1ccc(C(=O)OCC(=O)Nc2ccccc2I)cc1. The molecule has 3 N–H and O–H groups in total. The van der Waals surface area contributed by atoms with E-state index in [4.69, 9.17) is 10.5 Å². The van der Waals surface area contributed by atoms with Crippen molar-refractivity contribution >= 4 is 46.1 Å². The quantitative estimate of drug-likeness (QED) is 0.568. The molecule has 0 aliphatic rings. The monoisotopic (exact) mass is 424 g/mol. The average Bonchev–Trinajstić information content (AvgIpc) is 2.55. The minimum Gasteiger partial charge on any atom is -0.452 e. The normalized spacial score (nSPS) is 9.96. The Morgan fingerprint density at radius 2 is 1.61 bits per heavy atom. The molecule has 2 aromatic rings. The van der Waals surface area contributed by atoms with Gasteiger partial charge in [0.05, 0.1) is 11.3 Å². The highest BCUT2D eigenvalue weighted by atomic mass is 127. The number of benzene rings is 2. The first-order valence-corrected chi connectivity index (χ1v) is 7.66. The molecular weight excluding hydrogens is 411 g/mol. The van der Waals surface area contributed by atoms with Crippen LogP contribution in [0.5, 0.6) is 0 Å². The van der Waals surface area contributed by atoms with Crippen LogP contribution in [0.1, 0.15) is 20.7 Å². The third-order valence-corrected chi connectivity index (χ3v) is 3.83. The molecule has 0 radical (unpaired) electrons. The molecule has 0 aliphatic carbocycles. The zero-order valence-electron chi connectivity index (χ0n) is 11.9. The van der Waals surface area contributed by atoms with Gasteiger partial charge in [-0.05, 0) is 59.0 Å². The summed E-state index contributed by atoms with van der Waals surface area (Å²) in [5.74, 6) is -1.67. The first-order valence-electron chi connectivity index (χ1n) is 6.59. The van der Waals surface area contributed by atoms with Crippen molar-refractivity contribution in [2.24, 2.45) is 5.73 Å². The lowest BCUT2D eigenvalue weighted by atomic mass is 10.1. The molecule has 0 saturated heterocycles. The summed E-state index contributed by atoms with van der Waals surface area (Å²) >= 11 is 2.09. The van der Waals surface area contributed by atoms with Crippen molar-refractivity contribution in [3.8, 4) is 0 Å². The number of anilines is 1. The third-order valence-electron chi connectivity index (χ3n) is 2.89. The van der Waals surface area contributed by atoms with Gasteiger partial charge in [-0.3, -0.25) is 9.59 Å². The van der Waals surface area contributed by atoms with E-state index in [-0.39, 0.29) is 11.1 Å². The molecule has 0 fully saturated rings. The van der Waals surface area contributed by atoms with E-state index in [1.165, 1.54) is 24.3 Å². The summed E-state index contributed by atoms with van der Waals surface area (Å²) in [6, 6.07) is 12.9. The van der Waals surface area contributed by atoms with E-state index in [1.807, 2.05) is 12.1 Å². The summed E-state index contributed by atoms with van der Waals surface area (Å²) in [7, 11) is 0. The number of halogens is 1. The second kappa shape index (κ2) is 7.73. The molecule has 0 saturated carbocycles. The highest BCUT2D eigenvalue weighted by Crippen LogP contribution is 2.16. The van der Waals surface area contributed by atoms with E-state index >= 15 is 0 Å². The topological polar surface area (TPSA) is 98.5 Å². The van der Waals surface area contributed by atoms with E-state index in [1.54, 1.807) is 12.1 Å². The first-order chi connectivity index (χ1) is 11.0. The number of carbonyl (C=O) groups is 3. The van der Waals surface area contributed by atoms with Crippen molar-refractivity contribution < 1.29 is 19.1 Å². The molecule has 118 valence electrons. The molecule has 0 spiro atoms. The molecule has 2 rings (SSSR count). The van der Waals surface area contributed by atoms with Crippen molar-refractivity contribution in [3.05, 3.63) is 63.2 Å². The van der Waals surface area contributed by atoms with Crippen molar-refractivity contribution in [3.63, 3.8) is 0 Å². The lowest BCUT2D eigenvalue weighted by molar-refractivity contribution is -0.119. The summed E-state index contributed by atoms with van der Waals surface area (Å²) in [5.41, 5.74) is 6.29. The van der Waals surface area contributed by atoms with E-state index in [0.29, 0.717) is 5.69 Å². The second-order valence-corrected chi connectivity index (χ2v) is 5.71. The van der Waals surface area contributed by atoms with Crippen LogP contribution in [0.2, 0.25) is 0 Å². The molecular formula is C16H13IN2O4. The van der Waals surface area contributed by atoms with Crippen LogP contribution in [-0.4, -0.2) is 24.4 Å². The van der Waals surface area contributed by atoms with Crippen molar-refractivity contribution in [1.29, 1.82) is 0 Å². The predicted octanol–water partition coefficient (Wildman–Crippen LogP) is 2.19. The van der Waals surface area contributed by atoms with Crippen molar-refractivity contribution in [2.45, 2.75) is 0 Å². The molecule has 0 unspecified atom stereocenters. The number of nitrogens with two attached hydrogens (primary N) is 1. The first kappa shape index (κ1) is 16.9. The standard InChI is InChI=1S/C16H13IN2O4/c17-12-3-1-2-4-13(12)19-14(20)9-23-16(22)11-7-5-10(6-8-11)15(18)21/h1-8H,9H2,(H2,18,21)(H,19,20). The molecule has 0 heterocycles. The van der Waals surface area contributed by atoms with Gasteiger partial charge >= 0.3 is 5.97 Å². The van der Waals surface area contributed by atoms with Gasteiger partial charge in [0.15, 0.2) is 6.61 Å². The van der Waals surface area contributed by atoms with Gasteiger partial charge in [-0.15, -0.1) is 0 Å². The van der Waals surface area contributed by atoms with Crippen molar-refractivity contribution in [1.82, 2.24) is 0 Å². The molecule has 0 bridgehead atoms. The largest absolute Gasteiger partial charge is 0.452 e. The van der Waals surface area contributed by atoms with E-state index in [2.05, 4.69) is 27.9 Å². The number of hydrogen-bond donors (Lipinski definition) is 2. The maximum absolute atomic E-state index is 11.8. The van der Waals surface area contributed by atoms with Gasteiger partial charge in [-0.25, -0.2) is 4.79 Å². The lowest BCUT2D eigenvalue weighted by Gasteiger charge is -2.08. The number of para-hydroxylation sites is 1. The zero-order valence-corrected chi connectivity index (χ0v) is 14.1. The molecule has 2 amide bonds. The number of esters is 1. The van der Waals surface area contributed by atoms with Gasteiger partial charge in [0.25, 0.3) is 5.91 Å². The predicted molar refractivity (Wildman–Crippen MR) is 93.0 cm³/mol. The minimum absolute atomic E-state index is 0.233. The van der Waals surface area contributed by atoms with Gasteiger partial charge in [0.1, 0.15) is 0 Å². The number of nitrogens with one attached hydrogen (secondary N) is 1. The number of ether oxygens (including phenoxy) is 1. The van der Waals surface area contributed by atoms with Crippen LogP contribution in [0.15, 0.2) is 48.5 Å². The Hall–Kier alpha value is -2.42. The summed E-state index contributed by atoms with van der Waals surface area (Å²) in [4.78, 5) is 34.6. The number of amides is 2. The maximum Gasteiger partial charge on any atom is 0.338 e. The van der Waals surface area contributed by atoms with Crippen LogP contribution in [0.3, 0.4) is 0 Å². The lowest BCUT2D eigenvalue weighted by Crippen LogP contribution is -2.21. The van der Waals surface area contributed by atoms with E-state index < -0.39 is 24.4 Å². The molecule has 7 heteroatoms. The molecule has 0 aliphatic heterocycles. The van der Waals surface area contributed by atoms with Crippen LogP contribution < -0.4 is 11.1 Å². The van der Waals surface area contributed by atoms with Gasteiger partial charge in [0.2, 0.25) is 5.91 Å². The second-order valence-electron chi connectivity index (χ2n) is 4.55. The van der Waals surface area contributed by atoms with Gasteiger partial charge in [-0.2, -0.15) is 0 Å². The number of primary amides is 1. The Kier molecular flexibility index (Phi) is 5.69. The van der Waals surface area contributed by atoms with Crippen LogP contribution in [0.4, 0.5) is 5.69 Å². The Morgan fingerprint density at radius 3 is 2.22 bits per heavy atom. The molecule has 2 aromatic carbocycles. The highest BCUT2D eigenvalue weighted by Gasteiger charge is 2.12. The summed E-state index contributed by atoms with van der Waals surface area (Å²) in [5, 5.41) is 2.66. The van der Waals surface area contributed by atoms with Crippen molar-refractivity contribution in [2.75, 3.05) is 11.9 Å². The minimum atomic E-state index is -0.654. The Labute approximate surface area is 146 Å². The highest BCUT2D eigenvalue weighted by molar-refractivity contribution is 14.1. The smallest absolute Gasteiger partial charge is 0.338 e. The average molecular weight is 424 g/mol. The molecule has 0 aromatic heterocycles. The van der Waals surface area contributed by atoms with Crippen LogP contribution in [-0.2, 0) is 9.53 Å². The van der Waals surface area contributed by atoms with Crippen LogP contribution in [0.25, 0.3) is 0 Å². The fourth-order valence-electron chi connectivity index (χ4n) is 1.73. The maximum atomic E-state index is 11.8. The molecule has 6 nitrogen and oxygen atoms in total.